The molecule has 0 fully saturated rings. The molecule has 3 rings (SSSR count). The summed E-state index contributed by atoms with van der Waals surface area (Å²) >= 11 is 10.6. The van der Waals surface area contributed by atoms with E-state index in [0.29, 0.717) is 6.61 Å². The topological polar surface area (TPSA) is 9.23 Å². The Morgan fingerprint density at radius 1 is 1.18 bits per heavy atom. The Labute approximate surface area is 123 Å². The Morgan fingerprint density at radius 3 is 2.76 bits per heavy atom. The highest BCUT2D eigenvalue weighted by molar-refractivity contribution is 14.1. The lowest BCUT2D eigenvalue weighted by Crippen LogP contribution is -1.93. The third-order valence-electron chi connectivity index (χ3n) is 2.92. The van der Waals surface area contributed by atoms with E-state index in [-0.39, 0.29) is 5.38 Å². The van der Waals surface area contributed by atoms with Crippen molar-refractivity contribution in [3.8, 4) is 0 Å². The molecule has 0 amide bonds. The van der Waals surface area contributed by atoms with Gasteiger partial charge in [-0.1, -0.05) is 18.2 Å². The molecule has 0 radical (unpaired) electrons. The normalized spacial score (nSPS) is 15.9. The molecule has 17 heavy (non-hydrogen) atoms. The van der Waals surface area contributed by atoms with Gasteiger partial charge in [0.2, 0.25) is 0 Å². The number of halogens is 2. The minimum absolute atomic E-state index is 0.0549. The predicted molar refractivity (Wildman–Crippen MR) is 79.7 cm³/mol. The molecule has 0 bridgehead atoms. The first-order valence-corrected chi connectivity index (χ1v) is 7.71. The summed E-state index contributed by atoms with van der Waals surface area (Å²) in [6.07, 6.45) is 0. The van der Waals surface area contributed by atoms with Crippen LogP contribution in [0.4, 0.5) is 0 Å². The summed E-state index contributed by atoms with van der Waals surface area (Å²) in [6.45, 7) is 1.45. The molecule has 4 heteroatoms. The van der Waals surface area contributed by atoms with Gasteiger partial charge in [0.15, 0.2) is 0 Å². The van der Waals surface area contributed by atoms with E-state index >= 15 is 0 Å². The van der Waals surface area contributed by atoms with Gasteiger partial charge in [-0.15, -0.1) is 22.9 Å². The van der Waals surface area contributed by atoms with Gasteiger partial charge in [0.25, 0.3) is 0 Å². The highest BCUT2D eigenvalue weighted by Gasteiger charge is 2.16. The summed E-state index contributed by atoms with van der Waals surface area (Å²) < 4.78 is 6.69. The zero-order chi connectivity index (χ0) is 11.8. The molecule has 1 aromatic carbocycles. The van der Waals surface area contributed by atoms with Crippen molar-refractivity contribution in [2.45, 2.75) is 18.6 Å². The zero-order valence-corrected chi connectivity index (χ0v) is 12.7. The molecule has 2 aromatic rings. The number of fused-ring (bicyclic) bond motifs is 1. The van der Waals surface area contributed by atoms with Gasteiger partial charge in [-0.2, -0.15) is 0 Å². The van der Waals surface area contributed by atoms with Crippen LogP contribution in [0, 0.1) is 2.88 Å². The number of hydrogen-bond donors (Lipinski definition) is 0. The smallest absolute Gasteiger partial charge is 0.0843 e. The molecule has 1 nitrogen and oxygen atoms in total. The van der Waals surface area contributed by atoms with Crippen molar-refractivity contribution in [3.63, 3.8) is 0 Å². The van der Waals surface area contributed by atoms with Crippen LogP contribution in [0.5, 0.6) is 0 Å². The molecule has 1 aliphatic rings. The summed E-state index contributed by atoms with van der Waals surface area (Å²) in [5.41, 5.74) is 4.90. The van der Waals surface area contributed by atoms with Gasteiger partial charge in [0, 0.05) is 0 Å². The van der Waals surface area contributed by atoms with Crippen molar-refractivity contribution in [2.75, 3.05) is 0 Å². The first kappa shape index (κ1) is 12.0. The maximum atomic E-state index is 6.51. The van der Waals surface area contributed by atoms with E-state index in [1.165, 1.54) is 19.6 Å². The number of thiophene rings is 1. The summed E-state index contributed by atoms with van der Waals surface area (Å²) in [4.78, 5) is 0. The Kier molecular flexibility index (Phi) is 3.43. The van der Waals surface area contributed by atoms with Gasteiger partial charge >= 0.3 is 0 Å². The number of benzene rings is 1. The Bertz CT molecular complexity index is 552. The van der Waals surface area contributed by atoms with E-state index in [0.717, 1.165) is 12.2 Å². The van der Waals surface area contributed by atoms with Gasteiger partial charge < -0.3 is 4.74 Å². The van der Waals surface area contributed by atoms with Gasteiger partial charge in [0.1, 0.15) is 0 Å². The van der Waals surface area contributed by atoms with Gasteiger partial charge in [0.05, 0.1) is 21.5 Å². The van der Waals surface area contributed by atoms with Crippen LogP contribution in [-0.2, 0) is 18.0 Å². The fourth-order valence-electron chi connectivity index (χ4n) is 2.00. The lowest BCUT2D eigenvalue weighted by molar-refractivity contribution is 0.134. The van der Waals surface area contributed by atoms with E-state index in [9.17, 15) is 0 Å². The summed E-state index contributed by atoms with van der Waals surface area (Å²) in [5, 5.41) is 2.07. The van der Waals surface area contributed by atoms with Crippen molar-refractivity contribution >= 4 is 45.5 Å². The number of alkyl halides is 1. The molecule has 88 valence electrons. The fourth-order valence-corrected chi connectivity index (χ4v) is 3.73. The first-order chi connectivity index (χ1) is 8.24. The lowest BCUT2D eigenvalue weighted by atomic mass is 10.0. The molecule has 0 aliphatic carbocycles. The van der Waals surface area contributed by atoms with Crippen LogP contribution in [0.25, 0.3) is 0 Å². The molecular formula is C13H10ClIOS. The summed E-state index contributed by atoms with van der Waals surface area (Å²) in [7, 11) is 0. The standard InChI is InChI=1S/C13H10ClIOS/c14-13(11-4-12(15)17-7-11)8-1-2-9-5-16-6-10(9)3-8/h1-4,7,13H,5-6H2. The predicted octanol–water partition coefficient (Wildman–Crippen LogP) is 4.71. The maximum absolute atomic E-state index is 6.51. The molecule has 0 N–H and O–H groups in total. The Hall–Kier alpha value is -0.100. The van der Waals surface area contributed by atoms with Gasteiger partial charge in [-0.3, -0.25) is 0 Å². The van der Waals surface area contributed by atoms with Crippen molar-refractivity contribution in [1.29, 1.82) is 0 Å². The highest BCUT2D eigenvalue weighted by Crippen LogP contribution is 2.34. The van der Waals surface area contributed by atoms with Crippen molar-refractivity contribution in [1.82, 2.24) is 0 Å². The highest BCUT2D eigenvalue weighted by atomic mass is 127. The van der Waals surface area contributed by atoms with E-state index in [1.807, 2.05) is 0 Å². The van der Waals surface area contributed by atoms with Crippen LogP contribution in [0.15, 0.2) is 29.6 Å². The minimum Gasteiger partial charge on any atom is -0.372 e. The van der Waals surface area contributed by atoms with Gasteiger partial charge in [-0.05, 0) is 56.3 Å². The molecule has 2 heterocycles. The SMILES string of the molecule is ClC(c1csc(I)c1)c1ccc2c(c1)COC2. The summed E-state index contributed by atoms with van der Waals surface area (Å²) in [5.74, 6) is 0. The molecule has 0 saturated heterocycles. The van der Waals surface area contributed by atoms with Crippen molar-refractivity contribution < 1.29 is 4.74 Å². The van der Waals surface area contributed by atoms with Crippen LogP contribution in [-0.4, -0.2) is 0 Å². The molecule has 1 aliphatic heterocycles. The fraction of sp³-hybridized carbons (Fsp3) is 0.231. The van der Waals surface area contributed by atoms with Crippen molar-refractivity contribution in [3.05, 3.63) is 54.8 Å². The molecular weight excluding hydrogens is 367 g/mol. The zero-order valence-electron chi connectivity index (χ0n) is 8.95. The van der Waals surface area contributed by atoms with Crippen molar-refractivity contribution in [2.24, 2.45) is 0 Å². The quantitative estimate of drug-likeness (QED) is 0.545. The molecule has 0 spiro atoms. The molecule has 1 aromatic heterocycles. The van der Waals surface area contributed by atoms with E-state index in [4.69, 9.17) is 16.3 Å². The monoisotopic (exact) mass is 376 g/mol. The van der Waals surface area contributed by atoms with E-state index in [2.05, 4.69) is 52.2 Å². The minimum atomic E-state index is -0.0549. The van der Waals surface area contributed by atoms with Gasteiger partial charge in [-0.25, -0.2) is 0 Å². The van der Waals surface area contributed by atoms with Crippen LogP contribution >= 0.6 is 45.5 Å². The summed E-state index contributed by atoms with van der Waals surface area (Å²) in [6, 6.07) is 8.55. The second-order valence-electron chi connectivity index (χ2n) is 4.07. The Morgan fingerprint density at radius 2 is 2.00 bits per heavy atom. The Balaban J connectivity index is 1.94. The number of rotatable bonds is 2. The lowest BCUT2D eigenvalue weighted by Gasteiger charge is -2.09. The number of hydrogen-bond acceptors (Lipinski definition) is 2. The van der Waals surface area contributed by atoms with Crippen LogP contribution < -0.4 is 0 Å². The van der Waals surface area contributed by atoms with Crippen LogP contribution in [0.1, 0.15) is 27.6 Å². The third kappa shape index (κ3) is 2.38. The average Bonchev–Trinajstić information content (AvgIpc) is 2.95. The molecule has 1 atom stereocenters. The number of ether oxygens (including phenoxy) is 1. The first-order valence-electron chi connectivity index (χ1n) is 5.31. The van der Waals surface area contributed by atoms with E-state index < -0.39 is 0 Å². The van der Waals surface area contributed by atoms with Crippen LogP contribution in [0.3, 0.4) is 0 Å². The second-order valence-corrected chi connectivity index (χ2v) is 7.31. The largest absolute Gasteiger partial charge is 0.372 e. The van der Waals surface area contributed by atoms with E-state index in [1.54, 1.807) is 11.3 Å². The maximum Gasteiger partial charge on any atom is 0.0843 e. The molecule has 1 unspecified atom stereocenters. The average molecular weight is 377 g/mol. The second kappa shape index (κ2) is 4.88. The third-order valence-corrected chi connectivity index (χ3v) is 5.23. The molecule has 0 saturated carbocycles. The van der Waals surface area contributed by atoms with Crippen LogP contribution in [0.2, 0.25) is 0 Å².